The SMILES string of the molecule is CC(=O)O[C@H]1[C@H](OC(C)=O)CSC(Oc2cccnc2/N=C/N(C)C)[C@@H]1OC(C)=O. The zero-order valence-corrected chi connectivity index (χ0v) is 18.3. The molecule has 0 aliphatic carbocycles. The number of aromatic nitrogens is 1. The van der Waals surface area contributed by atoms with E-state index in [9.17, 15) is 14.4 Å². The van der Waals surface area contributed by atoms with E-state index in [0.29, 0.717) is 11.6 Å². The molecule has 1 aliphatic heterocycles. The van der Waals surface area contributed by atoms with Crippen LogP contribution in [0.15, 0.2) is 23.3 Å². The Morgan fingerprint density at radius 3 is 2.33 bits per heavy atom. The Morgan fingerprint density at radius 1 is 1.10 bits per heavy atom. The number of esters is 3. The fourth-order valence-electron chi connectivity index (χ4n) is 2.68. The predicted molar refractivity (Wildman–Crippen MR) is 110 cm³/mol. The highest BCUT2D eigenvalue weighted by Crippen LogP contribution is 2.36. The van der Waals surface area contributed by atoms with E-state index < -0.39 is 41.7 Å². The van der Waals surface area contributed by atoms with Crippen LogP contribution in [-0.2, 0) is 28.6 Å². The van der Waals surface area contributed by atoms with Crippen molar-refractivity contribution in [2.75, 3.05) is 19.8 Å². The fraction of sp³-hybridized carbons (Fsp3) is 0.526. The van der Waals surface area contributed by atoms with Crippen molar-refractivity contribution in [3.63, 3.8) is 0 Å². The lowest BCUT2D eigenvalue weighted by Crippen LogP contribution is -2.55. The standard InChI is InChI=1S/C19H25N3O7S/c1-11(23)26-15-9-30-19(17(28-13(3)25)16(15)27-12(2)24)29-14-7-6-8-20-18(14)21-10-22(4)5/h6-8,10,15-17,19H,9H2,1-5H3/b21-10+/t15-,16+,17-,19?/m1/s1. The fourth-order valence-corrected chi connectivity index (χ4v) is 3.89. The Bertz CT molecular complexity index is 802. The smallest absolute Gasteiger partial charge is 0.303 e. The van der Waals surface area contributed by atoms with Gasteiger partial charge < -0.3 is 23.8 Å². The molecule has 2 rings (SSSR count). The molecule has 1 aromatic heterocycles. The summed E-state index contributed by atoms with van der Waals surface area (Å²) in [4.78, 5) is 45.1. The minimum Gasteiger partial charge on any atom is -0.472 e. The molecule has 1 saturated heterocycles. The first kappa shape index (κ1) is 23.5. The van der Waals surface area contributed by atoms with Gasteiger partial charge in [0.2, 0.25) is 0 Å². The molecule has 0 saturated carbocycles. The maximum atomic E-state index is 11.7. The number of thioether (sulfide) groups is 1. The third-order valence-electron chi connectivity index (χ3n) is 3.71. The second-order valence-electron chi connectivity index (χ2n) is 6.65. The number of carbonyl (C=O) groups excluding carboxylic acids is 3. The van der Waals surface area contributed by atoms with E-state index in [1.165, 1.54) is 32.5 Å². The van der Waals surface area contributed by atoms with Crippen LogP contribution in [-0.4, -0.2) is 77.7 Å². The molecule has 1 fully saturated rings. The van der Waals surface area contributed by atoms with Crippen molar-refractivity contribution >= 4 is 41.8 Å². The number of hydrogen-bond donors (Lipinski definition) is 0. The Morgan fingerprint density at radius 2 is 1.73 bits per heavy atom. The first-order valence-electron chi connectivity index (χ1n) is 9.13. The molecule has 0 radical (unpaired) electrons. The second-order valence-corrected chi connectivity index (χ2v) is 7.78. The van der Waals surface area contributed by atoms with Crippen molar-refractivity contribution in [3.8, 4) is 5.75 Å². The Hall–Kier alpha value is -2.82. The number of ether oxygens (including phenoxy) is 4. The predicted octanol–water partition coefficient (Wildman–Crippen LogP) is 1.55. The number of nitrogens with zero attached hydrogens (tertiary/aromatic N) is 3. The molecule has 1 unspecified atom stereocenters. The van der Waals surface area contributed by atoms with Gasteiger partial charge in [-0.1, -0.05) is 0 Å². The summed E-state index contributed by atoms with van der Waals surface area (Å²) in [5, 5.41) is 0. The summed E-state index contributed by atoms with van der Waals surface area (Å²) < 4.78 is 22.1. The Balaban J connectivity index is 2.33. The average molecular weight is 439 g/mol. The van der Waals surface area contributed by atoms with E-state index >= 15 is 0 Å². The first-order valence-corrected chi connectivity index (χ1v) is 10.2. The van der Waals surface area contributed by atoms with Gasteiger partial charge in [0.1, 0.15) is 0 Å². The molecule has 0 bridgehead atoms. The van der Waals surface area contributed by atoms with E-state index in [4.69, 9.17) is 18.9 Å². The van der Waals surface area contributed by atoms with E-state index in [2.05, 4.69) is 9.98 Å². The maximum Gasteiger partial charge on any atom is 0.303 e. The van der Waals surface area contributed by atoms with Gasteiger partial charge in [-0.05, 0) is 12.1 Å². The third-order valence-corrected chi connectivity index (χ3v) is 4.92. The van der Waals surface area contributed by atoms with Crippen molar-refractivity contribution in [2.45, 2.75) is 44.5 Å². The first-order chi connectivity index (χ1) is 14.2. The highest BCUT2D eigenvalue weighted by molar-refractivity contribution is 7.99. The molecule has 0 N–H and O–H groups in total. The summed E-state index contributed by atoms with van der Waals surface area (Å²) in [6.45, 7) is 3.71. The minimum atomic E-state index is -1.02. The van der Waals surface area contributed by atoms with Crippen LogP contribution in [0.2, 0.25) is 0 Å². The van der Waals surface area contributed by atoms with Gasteiger partial charge in [-0.3, -0.25) is 14.4 Å². The normalized spacial score (nSPS) is 23.5. The molecule has 11 heteroatoms. The van der Waals surface area contributed by atoms with Crippen LogP contribution in [0.25, 0.3) is 0 Å². The van der Waals surface area contributed by atoms with Crippen molar-refractivity contribution in [1.82, 2.24) is 9.88 Å². The molecule has 10 nitrogen and oxygen atoms in total. The maximum absolute atomic E-state index is 11.7. The number of rotatable bonds is 7. The van der Waals surface area contributed by atoms with Gasteiger partial charge in [0, 0.05) is 46.8 Å². The van der Waals surface area contributed by atoms with Gasteiger partial charge in [-0.2, -0.15) is 0 Å². The van der Waals surface area contributed by atoms with Crippen LogP contribution in [0.1, 0.15) is 20.8 Å². The lowest BCUT2D eigenvalue weighted by molar-refractivity contribution is -0.186. The molecule has 2 heterocycles. The molecular formula is C19H25N3O7S. The second kappa shape index (κ2) is 10.8. The Labute approximate surface area is 178 Å². The number of carbonyl (C=O) groups is 3. The van der Waals surface area contributed by atoms with E-state index in [-0.39, 0.29) is 5.75 Å². The highest BCUT2D eigenvalue weighted by atomic mass is 32.2. The molecule has 1 aromatic rings. The van der Waals surface area contributed by atoms with Gasteiger partial charge in [0.25, 0.3) is 0 Å². The zero-order chi connectivity index (χ0) is 22.3. The highest BCUT2D eigenvalue weighted by Gasteiger charge is 2.47. The van der Waals surface area contributed by atoms with Crippen LogP contribution in [0.4, 0.5) is 5.82 Å². The largest absolute Gasteiger partial charge is 0.472 e. The summed E-state index contributed by atoms with van der Waals surface area (Å²) in [7, 11) is 3.64. The molecule has 4 atom stereocenters. The van der Waals surface area contributed by atoms with Gasteiger partial charge in [-0.25, -0.2) is 9.98 Å². The third kappa shape index (κ3) is 6.90. The van der Waals surface area contributed by atoms with Crippen molar-refractivity contribution < 1.29 is 33.3 Å². The average Bonchev–Trinajstić information content (AvgIpc) is 2.64. The lowest BCUT2D eigenvalue weighted by atomic mass is 10.1. The topological polar surface area (TPSA) is 117 Å². The summed E-state index contributed by atoms with van der Waals surface area (Å²) in [5.41, 5.74) is -0.748. The molecule has 164 valence electrons. The van der Waals surface area contributed by atoms with Crippen LogP contribution in [0, 0.1) is 0 Å². The molecular weight excluding hydrogens is 414 g/mol. The van der Waals surface area contributed by atoms with Crippen LogP contribution >= 0.6 is 11.8 Å². The van der Waals surface area contributed by atoms with Crippen molar-refractivity contribution in [2.24, 2.45) is 4.99 Å². The minimum absolute atomic E-state index is 0.274. The molecule has 30 heavy (non-hydrogen) atoms. The van der Waals surface area contributed by atoms with Crippen molar-refractivity contribution in [1.29, 1.82) is 0 Å². The summed E-state index contributed by atoms with van der Waals surface area (Å²) in [6, 6.07) is 3.36. The summed E-state index contributed by atoms with van der Waals surface area (Å²) in [6.07, 6.45) is 0.323. The van der Waals surface area contributed by atoms with Gasteiger partial charge in [0.15, 0.2) is 35.3 Å². The summed E-state index contributed by atoms with van der Waals surface area (Å²) in [5.74, 6) is -0.760. The number of aliphatic imine (C=N–C) groups is 1. The molecule has 0 amide bonds. The monoisotopic (exact) mass is 439 g/mol. The Kier molecular flexibility index (Phi) is 8.46. The zero-order valence-electron chi connectivity index (χ0n) is 17.4. The van der Waals surface area contributed by atoms with E-state index in [1.807, 2.05) is 14.1 Å². The number of pyridine rings is 1. The van der Waals surface area contributed by atoms with E-state index in [1.54, 1.807) is 29.6 Å². The van der Waals surface area contributed by atoms with Gasteiger partial charge in [-0.15, -0.1) is 11.8 Å². The summed E-state index contributed by atoms with van der Waals surface area (Å²) >= 11 is 1.26. The quantitative estimate of drug-likeness (QED) is 0.268. The lowest BCUT2D eigenvalue weighted by Gasteiger charge is -2.39. The van der Waals surface area contributed by atoms with Gasteiger partial charge >= 0.3 is 17.9 Å². The van der Waals surface area contributed by atoms with Crippen LogP contribution in [0.3, 0.4) is 0 Å². The van der Waals surface area contributed by atoms with Crippen LogP contribution < -0.4 is 4.74 Å². The molecule has 0 aromatic carbocycles. The van der Waals surface area contributed by atoms with Crippen molar-refractivity contribution in [3.05, 3.63) is 18.3 Å². The van der Waals surface area contributed by atoms with E-state index in [0.717, 1.165) is 0 Å². The number of hydrogen-bond acceptors (Lipinski definition) is 10. The molecule has 1 aliphatic rings. The molecule has 0 spiro atoms. The van der Waals surface area contributed by atoms with Gasteiger partial charge in [0.05, 0.1) is 6.34 Å². The van der Waals surface area contributed by atoms with Crippen LogP contribution in [0.5, 0.6) is 5.75 Å².